The third-order valence-corrected chi connectivity index (χ3v) is 5.05. The number of amides is 2. The van der Waals surface area contributed by atoms with Crippen LogP contribution in [0.15, 0.2) is 72.1 Å². The summed E-state index contributed by atoms with van der Waals surface area (Å²) in [4.78, 5) is 24.8. The van der Waals surface area contributed by atoms with E-state index in [-0.39, 0.29) is 11.8 Å². The molecule has 2 aromatic carbocycles. The topological polar surface area (TPSA) is 58.2 Å². The van der Waals surface area contributed by atoms with Gasteiger partial charge in [0.2, 0.25) is 5.91 Å². The zero-order chi connectivity index (χ0) is 19.9. The van der Waals surface area contributed by atoms with Crippen LogP contribution in [-0.2, 0) is 4.79 Å². The molecule has 0 saturated carbocycles. The van der Waals surface area contributed by atoms with E-state index < -0.39 is 0 Å². The molecule has 0 fully saturated rings. The van der Waals surface area contributed by atoms with E-state index in [0.717, 1.165) is 5.56 Å². The number of rotatable bonds is 6. The number of anilines is 2. The lowest BCUT2D eigenvalue weighted by atomic mass is 10.0. The van der Waals surface area contributed by atoms with E-state index in [1.54, 1.807) is 36.4 Å². The number of thiophene rings is 1. The fourth-order valence-corrected chi connectivity index (χ4v) is 3.20. The van der Waals surface area contributed by atoms with Gasteiger partial charge in [0.1, 0.15) is 0 Å². The van der Waals surface area contributed by atoms with Crippen molar-refractivity contribution in [2.24, 2.45) is 0 Å². The van der Waals surface area contributed by atoms with Crippen molar-refractivity contribution in [2.75, 3.05) is 10.6 Å². The second-order valence-corrected chi connectivity index (χ2v) is 7.60. The van der Waals surface area contributed by atoms with Gasteiger partial charge in [0.25, 0.3) is 5.91 Å². The highest BCUT2D eigenvalue weighted by Crippen LogP contribution is 2.17. The summed E-state index contributed by atoms with van der Waals surface area (Å²) in [6, 6.07) is 18.8. The maximum Gasteiger partial charge on any atom is 0.265 e. The number of benzene rings is 2. The molecule has 5 heteroatoms. The second-order valence-electron chi connectivity index (χ2n) is 6.65. The Balaban J connectivity index is 1.54. The summed E-state index contributed by atoms with van der Waals surface area (Å²) in [5, 5.41) is 7.50. The van der Waals surface area contributed by atoms with E-state index in [0.29, 0.717) is 22.2 Å². The van der Waals surface area contributed by atoms with Gasteiger partial charge in [-0.25, -0.2) is 0 Å². The van der Waals surface area contributed by atoms with Crippen LogP contribution in [0.1, 0.15) is 40.6 Å². The molecule has 0 spiro atoms. The molecule has 1 heterocycles. The first kappa shape index (κ1) is 19.6. The van der Waals surface area contributed by atoms with Crippen LogP contribution in [0, 0.1) is 0 Å². The number of nitrogens with one attached hydrogen (secondary N) is 2. The molecule has 0 bridgehead atoms. The molecule has 3 rings (SSSR count). The minimum Gasteiger partial charge on any atom is -0.323 e. The molecule has 28 heavy (non-hydrogen) atoms. The summed E-state index contributed by atoms with van der Waals surface area (Å²) in [7, 11) is 0. The molecular weight excluding hydrogens is 368 g/mol. The summed E-state index contributed by atoms with van der Waals surface area (Å²) in [6.45, 7) is 4.30. The van der Waals surface area contributed by atoms with E-state index in [1.807, 2.05) is 23.6 Å². The molecule has 2 amide bonds. The summed E-state index contributed by atoms with van der Waals surface area (Å²) in [5.74, 6) is 0.140. The van der Waals surface area contributed by atoms with Crippen molar-refractivity contribution >= 4 is 40.6 Å². The zero-order valence-electron chi connectivity index (χ0n) is 15.8. The van der Waals surface area contributed by atoms with Crippen LogP contribution in [0.5, 0.6) is 0 Å². The monoisotopic (exact) mass is 390 g/mol. The Morgan fingerprint density at radius 3 is 2.11 bits per heavy atom. The summed E-state index contributed by atoms with van der Waals surface area (Å²) in [6.07, 6.45) is 3.30. The lowest BCUT2D eigenvalue weighted by molar-refractivity contribution is -0.111. The highest BCUT2D eigenvalue weighted by molar-refractivity contribution is 7.12. The first-order chi connectivity index (χ1) is 13.5. The largest absolute Gasteiger partial charge is 0.323 e. The fourth-order valence-electron chi connectivity index (χ4n) is 2.59. The van der Waals surface area contributed by atoms with E-state index in [2.05, 4.69) is 36.6 Å². The predicted molar refractivity (Wildman–Crippen MR) is 117 cm³/mol. The molecule has 0 radical (unpaired) electrons. The van der Waals surface area contributed by atoms with Gasteiger partial charge >= 0.3 is 0 Å². The maximum atomic E-state index is 12.1. The molecular formula is C23H22N2O2S. The van der Waals surface area contributed by atoms with Crippen LogP contribution in [-0.4, -0.2) is 11.8 Å². The lowest BCUT2D eigenvalue weighted by Gasteiger charge is -2.06. The molecule has 0 aliphatic rings. The van der Waals surface area contributed by atoms with Crippen LogP contribution in [0.25, 0.3) is 6.08 Å². The van der Waals surface area contributed by atoms with Gasteiger partial charge in [0, 0.05) is 17.5 Å². The van der Waals surface area contributed by atoms with Gasteiger partial charge in [0.15, 0.2) is 0 Å². The Bertz CT molecular complexity index is 957. The van der Waals surface area contributed by atoms with Crippen LogP contribution < -0.4 is 10.6 Å². The third kappa shape index (κ3) is 5.41. The van der Waals surface area contributed by atoms with Crippen molar-refractivity contribution in [2.45, 2.75) is 19.8 Å². The van der Waals surface area contributed by atoms with E-state index in [4.69, 9.17) is 0 Å². The minimum atomic E-state index is -0.205. The Morgan fingerprint density at radius 1 is 0.893 bits per heavy atom. The Labute approximate surface area is 168 Å². The first-order valence-corrected chi connectivity index (χ1v) is 9.93. The van der Waals surface area contributed by atoms with Gasteiger partial charge in [-0.3, -0.25) is 9.59 Å². The van der Waals surface area contributed by atoms with Crippen molar-refractivity contribution in [3.05, 3.63) is 88.1 Å². The number of carbonyl (C=O) groups excluding carboxylic acids is 2. The quantitative estimate of drug-likeness (QED) is 0.525. The van der Waals surface area contributed by atoms with E-state index >= 15 is 0 Å². The molecule has 1 aromatic heterocycles. The molecule has 0 atom stereocenters. The van der Waals surface area contributed by atoms with Crippen molar-refractivity contribution in [1.82, 2.24) is 0 Å². The van der Waals surface area contributed by atoms with Crippen LogP contribution in [0.4, 0.5) is 11.4 Å². The SMILES string of the molecule is CC(C)c1ccc(C=CC(=O)Nc2ccc(NC(=O)c3cccs3)cc2)cc1. The van der Waals surface area contributed by atoms with E-state index in [9.17, 15) is 9.59 Å². The molecule has 0 saturated heterocycles. The third-order valence-electron chi connectivity index (χ3n) is 4.19. The number of hydrogen-bond acceptors (Lipinski definition) is 3. The average Bonchev–Trinajstić information content (AvgIpc) is 3.23. The van der Waals surface area contributed by atoms with Crippen molar-refractivity contribution in [3.63, 3.8) is 0 Å². The standard InChI is InChI=1S/C23H22N2O2S/c1-16(2)18-8-5-17(6-9-18)7-14-22(26)24-19-10-12-20(13-11-19)25-23(27)21-4-3-15-28-21/h3-16H,1-2H3,(H,24,26)(H,25,27). The van der Waals surface area contributed by atoms with E-state index in [1.165, 1.54) is 23.0 Å². The van der Waals surface area contributed by atoms with Gasteiger partial charge in [-0.1, -0.05) is 44.2 Å². The van der Waals surface area contributed by atoms with Crippen LogP contribution in [0.2, 0.25) is 0 Å². The Hall–Kier alpha value is -3.18. The molecule has 3 aromatic rings. The normalized spacial score (nSPS) is 11.0. The minimum absolute atomic E-state index is 0.141. The summed E-state index contributed by atoms with van der Waals surface area (Å²) in [5.41, 5.74) is 3.59. The summed E-state index contributed by atoms with van der Waals surface area (Å²) < 4.78 is 0. The molecule has 0 aliphatic carbocycles. The first-order valence-electron chi connectivity index (χ1n) is 9.05. The fraction of sp³-hybridized carbons (Fsp3) is 0.130. The Kier molecular flexibility index (Phi) is 6.40. The van der Waals surface area contributed by atoms with Gasteiger partial charge in [-0.2, -0.15) is 0 Å². The molecule has 142 valence electrons. The zero-order valence-corrected chi connectivity index (χ0v) is 16.6. The number of carbonyl (C=O) groups is 2. The molecule has 4 nitrogen and oxygen atoms in total. The Morgan fingerprint density at radius 2 is 1.54 bits per heavy atom. The van der Waals surface area contributed by atoms with Crippen molar-refractivity contribution in [1.29, 1.82) is 0 Å². The van der Waals surface area contributed by atoms with Gasteiger partial charge in [-0.05, 0) is 58.8 Å². The second kappa shape index (κ2) is 9.15. The van der Waals surface area contributed by atoms with Gasteiger partial charge < -0.3 is 10.6 Å². The maximum absolute atomic E-state index is 12.1. The van der Waals surface area contributed by atoms with Crippen molar-refractivity contribution in [3.8, 4) is 0 Å². The van der Waals surface area contributed by atoms with Crippen LogP contribution in [0.3, 0.4) is 0 Å². The lowest BCUT2D eigenvalue weighted by Crippen LogP contribution is -2.10. The molecule has 0 aliphatic heterocycles. The summed E-state index contributed by atoms with van der Waals surface area (Å²) >= 11 is 1.39. The van der Waals surface area contributed by atoms with Gasteiger partial charge in [0.05, 0.1) is 4.88 Å². The number of hydrogen-bond donors (Lipinski definition) is 2. The van der Waals surface area contributed by atoms with Crippen molar-refractivity contribution < 1.29 is 9.59 Å². The van der Waals surface area contributed by atoms with Gasteiger partial charge in [-0.15, -0.1) is 11.3 Å². The molecule has 2 N–H and O–H groups in total. The average molecular weight is 391 g/mol. The highest BCUT2D eigenvalue weighted by atomic mass is 32.1. The smallest absolute Gasteiger partial charge is 0.265 e. The highest BCUT2D eigenvalue weighted by Gasteiger charge is 2.07. The predicted octanol–water partition coefficient (Wildman–Crippen LogP) is 5.78. The molecule has 0 unspecified atom stereocenters. The van der Waals surface area contributed by atoms with Crippen LogP contribution >= 0.6 is 11.3 Å².